The van der Waals surface area contributed by atoms with Crippen LogP contribution in [0, 0.1) is 0 Å². The molecule has 1 atom stereocenters. The molecule has 1 aliphatic rings. The Bertz CT molecular complexity index is 1180. The first kappa shape index (κ1) is 23.8. The van der Waals surface area contributed by atoms with Gasteiger partial charge in [-0.2, -0.15) is 0 Å². The molecule has 0 bridgehead atoms. The van der Waals surface area contributed by atoms with Crippen LogP contribution in [0.4, 0.5) is 0 Å². The quantitative estimate of drug-likeness (QED) is 0.444. The first-order chi connectivity index (χ1) is 16.5. The number of likely N-dealkylation sites (N-methyl/N-ethyl adjacent to an activating group) is 1. The van der Waals surface area contributed by atoms with Gasteiger partial charge in [-0.15, -0.1) is 11.3 Å². The average molecular weight is 481 g/mol. The van der Waals surface area contributed by atoms with Crippen molar-refractivity contribution in [3.8, 4) is 22.1 Å². The number of nitrogens with zero attached hydrogens (tertiary/aromatic N) is 2. The predicted octanol–water partition coefficient (Wildman–Crippen LogP) is 4.45. The molecule has 1 aromatic heterocycles. The number of amides is 1. The van der Waals surface area contributed by atoms with Crippen molar-refractivity contribution in [3.63, 3.8) is 0 Å². The van der Waals surface area contributed by atoms with Crippen molar-refractivity contribution in [2.24, 2.45) is 0 Å². The zero-order valence-corrected chi connectivity index (χ0v) is 20.4. The molecule has 0 aliphatic heterocycles. The van der Waals surface area contributed by atoms with Crippen LogP contribution in [-0.2, 0) is 27.2 Å². The highest BCUT2D eigenvalue weighted by molar-refractivity contribution is 7.13. The van der Waals surface area contributed by atoms with Crippen LogP contribution in [0.3, 0.4) is 0 Å². The van der Waals surface area contributed by atoms with Crippen molar-refractivity contribution in [1.29, 1.82) is 0 Å². The lowest BCUT2D eigenvalue weighted by Gasteiger charge is -2.33. The van der Waals surface area contributed by atoms with Gasteiger partial charge < -0.3 is 19.1 Å². The van der Waals surface area contributed by atoms with Gasteiger partial charge in [0.1, 0.15) is 5.01 Å². The highest BCUT2D eigenvalue weighted by atomic mass is 32.1. The van der Waals surface area contributed by atoms with E-state index in [1.807, 2.05) is 35.7 Å². The van der Waals surface area contributed by atoms with Crippen molar-refractivity contribution in [3.05, 3.63) is 64.7 Å². The first-order valence-electron chi connectivity index (χ1n) is 11.2. The smallest absolute Gasteiger partial charge is 0.312 e. The fourth-order valence-electron chi connectivity index (χ4n) is 4.24. The van der Waals surface area contributed by atoms with E-state index >= 15 is 0 Å². The van der Waals surface area contributed by atoms with E-state index in [4.69, 9.17) is 14.2 Å². The summed E-state index contributed by atoms with van der Waals surface area (Å²) in [5.41, 5.74) is 3.93. The zero-order chi connectivity index (χ0) is 24.1. The second-order valence-electron chi connectivity index (χ2n) is 8.16. The van der Waals surface area contributed by atoms with Crippen molar-refractivity contribution in [2.45, 2.75) is 31.7 Å². The van der Waals surface area contributed by atoms with Gasteiger partial charge in [0.05, 0.1) is 32.4 Å². The van der Waals surface area contributed by atoms with Gasteiger partial charge in [-0.05, 0) is 48.6 Å². The summed E-state index contributed by atoms with van der Waals surface area (Å²) in [5.74, 6) is 0.562. The van der Waals surface area contributed by atoms with Gasteiger partial charge in [-0.25, -0.2) is 4.98 Å². The van der Waals surface area contributed by atoms with Gasteiger partial charge in [-0.3, -0.25) is 9.59 Å². The molecule has 2 aromatic carbocycles. The molecule has 8 heteroatoms. The van der Waals surface area contributed by atoms with Gasteiger partial charge in [0.15, 0.2) is 18.1 Å². The minimum atomic E-state index is -0.477. The van der Waals surface area contributed by atoms with Gasteiger partial charge in [0.25, 0.3) is 5.91 Å². The number of fused-ring (bicyclic) bond motifs is 1. The summed E-state index contributed by atoms with van der Waals surface area (Å²) < 4.78 is 15.9. The number of benzene rings is 2. The highest BCUT2D eigenvalue weighted by Gasteiger charge is 2.27. The zero-order valence-electron chi connectivity index (χ0n) is 19.6. The Labute approximate surface area is 203 Å². The Morgan fingerprint density at radius 1 is 1.12 bits per heavy atom. The standard InChI is InChI=1S/C26H28N2O5S/c1-28(21-10-6-8-17-7-4-5-9-20(17)21)24(29)15-33-25(30)14-19-16-34-26(27-19)18-11-12-22(31-2)23(13-18)32-3/h4-5,7,9,11-13,16,21H,6,8,10,14-15H2,1-3H3. The summed E-state index contributed by atoms with van der Waals surface area (Å²) in [7, 11) is 4.94. The first-order valence-corrected chi connectivity index (χ1v) is 12.0. The topological polar surface area (TPSA) is 78.0 Å². The minimum absolute atomic E-state index is 0.00699. The van der Waals surface area contributed by atoms with Gasteiger partial charge in [-0.1, -0.05) is 24.3 Å². The summed E-state index contributed by atoms with van der Waals surface area (Å²) in [6, 6.07) is 13.8. The molecule has 178 valence electrons. The Balaban J connectivity index is 1.33. The average Bonchev–Trinajstić information content (AvgIpc) is 3.34. The molecule has 0 radical (unpaired) electrons. The number of carbonyl (C=O) groups is 2. The molecule has 0 N–H and O–H groups in total. The van der Waals surface area contributed by atoms with Crippen molar-refractivity contribution < 1.29 is 23.8 Å². The van der Waals surface area contributed by atoms with E-state index in [9.17, 15) is 9.59 Å². The predicted molar refractivity (Wildman–Crippen MR) is 130 cm³/mol. The number of esters is 1. The van der Waals surface area contributed by atoms with Crippen LogP contribution in [0.2, 0.25) is 0 Å². The van der Waals surface area contributed by atoms with Crippen LogP contribution in [0.15, 0.2) is 47.8 Å². The lowest BCUT2D eigenvalue weighted by atomic mass is 9.87. The number of ether oxygens (including phenoxy) is 3. The molecule has 0 saturated carbocycles. The molecule has 0 spiro atoms. The molecule has 4 rings (SSSR count). The third-order valence-corrected chi connectivity index (χ3v) is 7.00. The number of thiazole rings is 1. The molecule has 3 aromatic rings. The normalized spacial score (nSPS) is 14.7. The maximum absolute atomic E-state index is 12.7. The lowest BCUT2D eigenvalue weighted by molar-refractivity contribution is -0.152. The fraction of sp³-hybridized carbons (Fsp3) is 0.346. The van der Waals surface area contributed by atoms with Crippen molar-refractivity contribution >= 4 is 23.2 Å². The Morgan fingerprint density at radius 2 is 1.91 bits per heavy atom. The van der Waals surface area contributed by atoms with Crippen LogP contribution in [0.1, 0.15) is 35.7 Å². The minimum Gasteiger partial charge on any atom is -0.493 e. The van der Waals surface area contributed by atoms with Crippen LogP contribution < -0.4 is 9.47 Å². The third-order valence-electron chi connectivity index (χ3n) is 6.06. The number of carbonyl (C=O) groups excluding carboxylic acids is 2. The Morgan fingerprint density at radius 3 is 2.71 bits per heavy atom. The number of aromatic nitrogens is 1. The molecule has 0 fully saturated rings. The summed E-state index contributed by atoms with van der Waals surface area (Å²) in [6.07, 6.45) is 2.98. The van der Waals surface area contributed by atoms with Crippen molar-refractivity contribution in [1.82, 2.24) is 9.88 Å². The molecule has 1 aliphatic carbocycles. The molecule has 1 unspecified atom stereocenters. The number of hydrogen-bond acceptors (Lipinski definition) is 7. The summed E-state index contributed by atoms with van der Waals surface area (Å²) in [4.78, 5) is 31.3. The van der Waals surface area contributed by atoms with E-state index in [0.29, 0.717) is 17.2 Å². The molecule has 34 heavy (non-hydrogen) atoms. The van der Waals surface area contributed by atoms with E-state index in [-0.39, 0.29) is 25.0 Å². The molecule has 0 saturated heterocycles. The Kier molecular flexibility index (Phi) is 7.47. The summed E-state index contributed by atoms with van der Waals surface area (Å²) in [5, 5.41) is 2.58. The largest absolute Gasteiger partial charge is 0.493 e. The second kappa shape index (κ2) is 10.7. The lowest BCUT2D eigenvalue weighted by Crippen LogP contribution is -2.36. The summed E-state index contributed by atoms with van der Waals surface area (Å²) >= 11 is 1.43. The third kappa shape index (κ3) is 5.22. The van der Waals surface area contributed by atoms with Gasteiger partial charge >= 0.3 is 5.97 Å². The van der Waals surface area contributed by atoms with Crippen LogP contribution in [0.25, 0.3) is 10.6 Å². The van der Waals surface area contributed by atoms with E-state index in [0.717, 1.165) is 29.8 Å². The van der Waals surface area contributed by atoms with Gasteiger partial charge in [0.2, 0.25) is 0 Å². The molecular formula is C26H28N2O5S. The monoisotopic (exact) mass is 480 g/mol. The SMILES string of the molecule is COc1ccc(-c2nc(CC(=O)OCC(=O)N(C)C3CCCc4ccccc43)cs2)cc1OC. The second-order valence-corrected chi connectivity index (χ2v) is 9.02. The van der Waals surface area contributed by atoms with E-state index < -0.39 is 5.97 Å². The maximum atomic E-state index is 12.7. The number of methoxy groups -OCH3 is 2. The van der Waals surface area contributed by atoms with E-state index in [1.165, 1.54) is 22.5 Å². The molecule has 1 amide bonds. The molecular weight excluding hydrogens is 452 g/mol. The summed E-state index contributed by atoms with van der Waals surface area (Å²) in [6.45, 7) is -0.277. The number of rotatable bonds is 8. The van der Waals surface area contributed by atoms with Crippen molar-refractivity contribution in [2.75, 3.05) is 27.9 Å². The fourth-order valence-corrected chi connectivity index (χ4v) is 5.05. The number of hydrogen-bond donors (Lipinski definition) is 0. The van der Waals surface area contributed by atoms with Gasteiger partial charge in [0, 0.05) is 18.0 Å². The Hall–Kier alpha value is -3.39. The molecule has 1 heterocycles. The van der Waals surface area contributed by atoms with E-state index in [2.05, 4.69) is 17.1 Å². The van der Waals surface area contributed by atoms with Crippen LogP contribution in [-0.4, -0.2) is 49.6 Å². The maximum Gasteiger partial charge on any atom is 0.312 e. The van der Waals surface area contributed by atoms with E-state index in [1.54, 1.807) is 26.2 Å². The highest BCUT2D eigenvalue weighted by Crippen LogP contribution is 2.34. The molecule has 7 nitrogen and oxygen atoms in total. The van der Waals surface area contributed by atoms with Crippen LogP contribution >= 0.6 is 11.3 Å². The van der Waals surface area contributed by atoms with Crippen LogP contribution in [0.5, 0.6) is 11.5 Å². The number of aryl methyl sites for hydroxylation is 1.